The monoisotopic (exact) mass is 523 g/mol. The second-order valence-electron chi connectivity index (χ2n) is 8.51. The van der Waals surface area contributed by atoms with Crippen molar-refractivity contribution in [2.75, 3.05) is 39.3 Å². The van der Waals surface area contributed by atoms with Crippen LogP contribution >= 0.6 is 15.8 Å². The summed E-state index contributed by atoms with van der Waals surface area (Å²) in [7, 11) is -12.7. The number of hydrazine groups is 1. The van der Waals surface area contributed by atoms with Crippen LogP contribution in [0, 0.1) is 0 Å². The molecule has 0 N–H and O–H groups in total. The van der Waals surface area contributed by atoms with Gasteiger partial charge in [-0.1, -0.05) is 6.08 Å². The molecule has 0 bridgehead atoms. The summed E-state index contributed by atoms with van der Waals surface area (Å²) in [5.41, 5.74) is 0. The van der Waals surface area contributed by atoms with Gasteiger partial charge in [-0.3, -0.25) is 0 Å². The van der Waals surface area contributed by atoms with E-state index in [1.165, 1.54) is 38.5 Å². The molecule has 1 atom stereocenters. The molecule has 0 radical (unpaired) electrons. The number of hydrogen-bond donors (Lipinski definition) is 0. The summed E-state index contributed by atoms with van der Waals surface area (Å²) in [6.07, 6.45) is 15.6. The van der Waals surface area contributed by atoms with Crippen LogP contribution in [0.5, 0.6) is 0 Å². The molecule has 5 aliphatic rings. The zero-order valence-electron chi connectivity index (χ0n) is 18.1. The SMILES string of the molecule is C1=CC2N=NN(O[P+](N3CCCC3)(N3CCCC3)N3CCCC3)N2C=C1.F[P-](F)(F)(F)(F)F. The summed E-state index contributed by atoms with van der Waals surface area (Å²) < 4.78 is 74.1. The van der Waals surface area contributed by atoms with Gasteiger partial charge in [0.05, 0.1) is 0 Å². The number of halogens is 6. The molecule has 190 valence electrons. The standard InChI is InChI=1S/C17H29N7OP.F6P/c1-2-16-23-17(9-1)18-19-24(23)25-26(20-10-3-4-11-20,21-12-5-6-13-21)22-14-7-8-15-22;1-7(2,3,4,5)6/h1-2,9,16-17H,3-8,10-15H2;/q+1;-1. The summed E-state index contributed by atoms with van der Waals surface area (Å²) >= 11 is 0. The molecule has 16 heteroatoms. The molecular weight excluding hydrogens is 494 g/mol. The Labute approximate surface area is 189 Å². The Kier molecular flexibility index (Phi) is 6.51. The third-order valence-corrected chi connectivity index (χ3v) is 9.66. The third-order valence-electron chi connectivity index (χ3n) is 5.88. The van der Waals surface area contributed by atoms with Crippen LogP contribution in [0.3, 0.4) is 0 Å². The fraction of sp³-hybridized carbons (Fsp3) is 0.765. The van der Waals surface area contributed by atoms with E-state index in [0.29, 0.717) is 0 Å². The van der Waals surface area contributed by atoms with Gasteiger partial charge in [-0.25, -0.2) is 5.01 Å². The Hall–Kier alpha value is -1.04. The predicted octanol–water partition coefficient (Wildman–Crippen LogP) is 6.57. The van der Waals surface area contributed by atoms with Gasteiger partial charge >= 0.3 is 40.9 Å². The fourth-order valence-electron chi connectivity index (χ4n) is 4.60. The molecule has 0 saturated carbocycles. The van der Waals surface area contributed by atoms with Crippen molar-refractivity contribution >= 4 is 15.8 Å². The van der Waals surface area contributed by atoms with E-state index in [1.807, 2.05) is 23.4 Å². The van der Waals surface area contributed by atoms with E-state index < -0.39 is 15.8 Å². The van der Waals surface area contributed by atoms with Crippen molar-refractivity contribution in [1.29, 1.82) is 0 Å². The molecule has 0 aliphatic carbocycles. The van der Waals surface area contributed by atoms with Gasteiger partial charge in [0.25, 0.3) is 0 Å². The van der Waals surface area contributed by atoms with Crippen LogP contribution in [0.4, 0.5) is 25.2 Å². The summed E-state index contributed by atoms with van der Waals surface area (Å²) in [4.78, 5) is 0. The molecule has 3 fully saturated rings. The molecule has 0 aromatic carbocycles. The fourth-order valence-corrected chi connectivity index (χ4v) is 8.71. The van der Waals surface area contributed by atoms with Gasteiger partial charge < -0.3 is 0 Å². The molecule has 5 aliphatic heterocycles. The Morgan fingerprint density at radius 3 is 1.58 bits per heavy atom. The second kappa shape index (κ2) is 8.57. The summed E-state index contributed by atoms with van der Waals surface area (Å²) in [5.74, 6) is 0. The van der Waals surface area contributed by atoms with Gasteiger partial charge in [-0.2, -0.15) is 0 Å². The van der Waals surface area contributed by atoms with Crippen LogP contribution in [-0.4, -0.2) is 69.7 Å². The molecule has 0 aromatic heterocycles. The molecular formula is C17H29F6N7OP2. The topological polar surface area (TPSA) is 50.2 Å². The van der Waals surface area contributed by atoms with E-state index >= 15 is 0 Å². The van der Waals surface area contributed by atoms with Crippen molar-refractivity contribution in [2.24, 2.45) is 10.3 Å². The molecule has 5 rings (SSSR count). The van der Waals surface area contributed by atoms with Crippen molar-refractivity contribution in [3.8, 4) is 0 Å². The number of fused-ring (bicyclic) bond motifs is 1. The number of rotatable bonds is 5. The quantitative estimate of drug-likeness (QED) is 0.300. The van der Waals surface area contributed by atoms with Gasteiger partial charge in [-0.05, 0) is 65.8 Å². The van der Waals surface area contributed by atoms with Crippen molar-refractivity contribution in [1.82, 2.24) is 24.3 Å². The summed E-state index contributed by atoms with van der Waals surface area (Å²) in [6, 6.07) is 0. The maximum atomic E-state index is 9.87. The molecule has 0 aromatic rings. The van der Waals surface area contributed by atoms with E-state index in [1.54, 1.807) is 5.28 Å². The van der Waals surface area contributed by atoms with Crippen LogP contribution in [-0.2, 0) is 4.62 Å². The minimum absolute atomic E-state index is 0.0716. The van der Waals surface area contributed by atoms with Crippen molar-refractivity contribution in [3.63, 3.8) is 0 Å². The Morgan fingerprint density at radius 1 is 0.727 bits per heavy atom. The van der Waals surface area contributed by atoms with Crippen molar-refractivity contribution in [2.45, 2.75) is 44.7 Å². The number of allylic oxidation sites excluding steroid dienone is 2. The first kappa shape index (κ1) is 25.1. The van der Waals surface area contributed by atoms with Crippen molar-refractivity contribution in [3.05, 3.63) is 24.4 Å². The van der Waals surface area contributed by atoms with Gasteiger partial charge in [0.1, 0.15) is 0 Å². The predicted molar refractivity (Wildman–Crippen MR) is 115 cm³/mol. The van der Waals surface area contributed by atoms with E-state index in [9.17, 15) is 25.2 Å². The first-order valence-electron chi connectivity index (χ1n) is 11.1. The van der Waals surface area contributed by atoms with E-state index in [0.717, 1.165) is 39.3 Å². The van der Waals surface area contributed by atoms with Crippen LogP contribution in [0.2, 0.25) is 0 Å². The van der Waals surface area contributed by atoms with E-state index in [4.69, 9.17) is 4.62 Å². The summed E-state index contributed by atoms with van der Waals surface area (Å²) in [5, 5.41) is 12.4. The van der Waals surface area contributed by atoms with Crippen LogP contribution in [0.25, 0.3) is 0 Å². The van der Waals surface area contributed by atoms with Gasteiger partial charge in [0, 0.05) is 45.5 Å². The summed E-state index contributed by atoms with van der Waals surface area (Å²) in [6.45, 7) is 6.78. The minimum atomic E-state index is -10.7. The number of hydrogen-bond acceptors (Lipinski definition) is 8. The van der Waals surface area contributed by atoms with Crippen LogP contribution < -0.4 is 0 Å². The maximum absolute atomic E-state index is 10.7. The second-order valence-corrected chi connectivity index (χ2v) is 13.3. The van der Waals surface area contributed by atoms with Crippen molar-refractivity contribution < 1.29 is 29.8 Å². The molecule has 1 unspecified atom stereocenters. The van der Waals surface area contributed by atoms with Crippen LogP contribution in [0.15, 0.2) is 34.8 Å². The zero-order valence-corrected chi connectivity index (χ0v) is 19.9. The molecule has 8 nitrogen and oxygen atoms in total. The normalized spacial score (nSPS) is 28.7. The average Bonchev–Trinajstić information content (AvgIpc) is 3.53. The van der Waals surface area contributed by atoms with Gasteiger partial charge in [0.15, 0.2) is 6.17 Å². The van der Waals surface area contributed by atoms with Gasteiger partial charge in [0.2, 0.25) is 0 Å². The average molecular weight is 523 g/mol. The number of nitrogens with zero attached hydrogens (tertiary/aromatic N) is 7. The Bertz CT molecular complexity index is 741. The van der Waals surface area contributed by atoms with Gasteiger partial charge in [-0.15, -0.1) is 19.1 Å². The van der Waals surface area contributed by atoms with E-state index in [2.05, 4.69) is 30.4 Å². The molecule has 0 amide bonds. The van der Waals surface area contributed by atoms with Crippen LogP contribution in [0.1, 0.15) is 38.5 Å². The molecule has 5 heterocycles. The first-order valence-corrected chi connectivity index (χ1v) is 14.7. The first-order chi connectivity index (χ1) is 15.3. The van der Waals surface area contributed by atoms with E-state index in [-0.39, 0.29) is 6.17 Å². The third kappa shape index (κ3) is 6.55. The molecule has 33 heavy (non-hydrogen) atoms. The zero-order chi connectivity index (χ0) is 23.8. The Balaban J connectivity index is 0.000000325. The molecule has 0 spiro atoms. The Morgan fingerprint density at radius 2 is 1.15 bits per heavy atom. The molecule has 3 saturated heterocycles.